The Morgan fingerprint density at radius 2 is 0.838 bits per heavy atom. The van der Waals surface area contributed by atoms with Crippen molar-refractivity contribution < 1.29 is 0 Å². The Balaban J connectivity index is 1.07. The van der Waals surface area contributed by atoms with Gasteiger partial charge in [-0.2, -0.15) is 0 Å². The number of thiophene rings is 1. The first-order valence-corrected chi connectivity index (χ1v) is 23.6. The molecule has 0 fully saturated rings. The Labute approximate surface area is 397 Å². The fraction of sp³-hybridized carbons (Fsp3) is 0. The van der Waals surface area contributed by atoms with Gasteiger partial charge in [-0.3, -0.25) is 4.98 Å². The Kier molecular flexibility index (Phi) is 9.62. The van der Waals surface area contributed by atoms with Crippen LogP contribution in [0.25, 0.3) is 126 Å². The van der Waals surface area contributed by atoms with E-state index in [0.717, 1.165) is 71.7 Å². The topological polar surface area (TPSA) is 56.5 Å². The molecule has 13 rings (SSSR count). The molecule has 0 atom stereocenters. The van der Waals surface area contributed by atoms with Crippen LogP contribution in [0, 0.1) is 0 Å². The van der Waals surface area contributed by atoms with Crippen molar-refractivity contribution in [2.75, 3.05) is 0 Å². The lowest BCUT2D eigenvalue weighted by atomic mass is 9.92. The van der Waals surface area contributed by atoms with Crippen molar-refractivity contribution in [3.63, 3.8) is 0 Å². The van der Waals surface area contributed by atoms with Gasteiger partial charge in [0.1, 0.15) is 0 Å². The zero-order valence-corrected chi connectivity index (χ0v) is 37.5. The van der Waals surface area contributed by atoms with Gasteiger partial charge in [0.05, 0.1) is 16.7 Å². The number of rotatable bonds is 8. The van der Waals surface area contributed by atoms with Crippen molar-refractivity contribution in [2.45, 2.75) is 0 Å². The van der Waals surface area contributed by atoms with E-state index >= 15 is 0 Å². The van der Waals surface area contributed by atoms with Crippen LogP contribution in [-0.4, -0.2) is 24.5 Å². The fourth-order valence-corrected chi connectivity index (χ4v) is 10.9. The van der Waals surface area contributed by atoms with Gasteiger partial charge in [-0.05, 0) is 82.4 Å². The molecular weight excluding hydrogens is 847 g/mol. The first-order chi connectivity index (χ1) is 33.7. The van der Waals surface area contributed by atoms with Gasteiger partial charge in [0, 0.05) is 70.6 Å². The van der Waals surface area contributed by atoms with Crippen LogP contribution < -0.4 is 0 Å². The third kappa shape index (κ3) is 6.94. The van der Waals surface area contributed by atoms with Crippen molar-refractivity contribution in [3.8, 4) is 84.5 Å². The molecule has 4 heterocycles. The second-order valence-electron chi connectivity index (χ2n) is 17.0. The molecule has 9 aromatic carbocycles. The molecule has 6 heteroatoms. The van der Waals surface area contributed by atoms with Crippen molar-refractivity contribution in [2.24, 2.45) is 0 Å². The van der Waals surface area contributed by atoms with E-state index < -0.39 is 0 Å². The third-order valence-corrected chi connectivity index (χ3v) is 14.1. The standard InChI is InChI=1S/C62H39N5S/c1-6-19-40(20-7-1)44-33-45(41-21-8-2-9-22-41)35-46(34-44)47-36-54(62-65-60(42-23-10-3-11-24-42)64-61(66-62)43-25-12-4-13-26-43)58(63-39-47)51-31-18-30-50-53-37-52-49-29-16-17-32-55(49)67(48-27-14-5-15-28-48)56(52)38-57(53)68-59(50)51/h1-39H. The predicted octanol–water partition coefficient (Wildman–Crippen LogP) is 16.4. The molecule has 0 aliphatic heterocycles. The maximum atomic E-state index is 5.47. The quantitative estimate of drug-likeness (QED) is 0.153. The zero-order valence-electron chi connectivity index (χ0n) is 36.7. The Hall–Kier alpha value is -8.84. The minimum atomic E-state index is 0.553. The summed E-state index contributed by atoms with van der Waals surface area (Å²) in [4.78, 5) is 21.2. The highest BCUT2D eigenvalue weighted by Crippen LogP contribution is 2.46. The highest BCUT2D eigenvalue weighted by Gasteiger charge is 2.22. The van der Waals surface area contributed by atoms with Gasteiger partial charge >= 0.3 is 0 Å². The molecule has 0 bridgehead atoms. The minimum absolute atomic E-state index is 0.553. The van der Waals surface area contributed by atoms with Gasteiger partial charge in [-0.15, -0.1) is 11.3 Å². The van der Waals surface area contributed by atoms with Crippen LogP contribution in [0.15, 0.2) is 237 Å². The lowest BCUT2D eigenvalue weighted by Gasteiger charge is -2.15. The number of benzene rings is 9. The lowest BCUT2D eigenvalue weighted by Crippen LogP contribution is -2.02. The Bertz CT molecular complexity index is 3880. The number of para-hydroxylation sites is 2. The lowest BCUT2D eigenvalue weighted by molar-refractivity contribution is 1.07. The van der Waals surface area contributed by atoms with Crippen molar-refractivity contribution in [1.29, 1.82) is 0 Å². The monoisotopic (exact) mass is 885 g/mol. The van der Waals surface area contributed by atoms with Gasteiger partial charge < -0.3 is 4.57 Å². The summed E-state index contributed by atoms with van der Waals surface area (Å²) in [6.45, 7) is 0. The maximum Gasteiger partial charge on any atom is 0.166 e. The molecule has 0 N–H and O–H groups in total. The van der Waals surface area contributed by atoms with E-state index in [1.165, 1.54) is 37.3 Å². The highest BCUT2D eigenvalue weighted by atomic mass is 32.1. The molecule has 0 saturated carbocycles. The molecule has 5 nitrogen and oxygen atoms in total. The predicted molar refractivity (Wildman–Crippen MR) is 283 cm³/mol. The number of hydrogen-bond acceptors (Lipinski definition) is 5. The molecule has 0 unspecified atom stereocenters. The van der Waals surface area contributed by atoms with E-state index in [0.29, 0.717) is 17.5 Å². The van der Waals surface area contributed by atoms with E-state index in [2.05, 4.69) is 199 Å². The molecule has 0 amide bonds. The average molecular weight is 886 g/mol. The first-order valence-electron chi connectivity index (χ1n) is 22.8. The first kappa shape index (κ1) is 39.5. The molecule has 0 spiro atoms. The average Bonchev–Trinajstić information content (AvgIpc) is 3.96. The minimum Gasteiger partial charge on any atom is -0.309 e. The van der Waals surface area contributed by atoms with Crippen molar-refractivity contribution in [1.82, 2.24) is 24.5 Å². The fourth-order valence-electron chi connectivity index (χ4n) is 9.63. The molecular formula is C62H39N5S. The normalized spacial score (nSPS) is 11.5. The van der Waals surface area contributed by atoms with Crippen LogP contribution in [0.2, 0.25) is 0 Å². The van der Waals surface area contributed by atoms with Crippen LogP contribution in [-0.2, 0) is 0 Å². The molecule has 4 aromatic heterocycles. The van der Waals surface area contributed by atoms with Gasteiger partial charge in [-0.1, -0.05) is 176 Å². The van der Waals surface area contributed by atoms with Gasteiger partial charge in [0.25, 0.3) is 0 Å². The summed E-state index contributed by atoms with van der Waals surface area (Å²) in [5, 5.41) is 4.86. The van der Waals surface area contributed by atoms with Crippen LogP contribution in [0.4, 0.5) is 0 Å². The van der Waals surface area contributed by atoms with E-state index in [1.54, 1.807) is 0 Å². The summed E-state index contributed by atoms with van der Waals surface area (Å²) in [5.74, 6) is 1.75. The highest BCUT2D eigenvalue weighted by molar-refractivity contribution is 7.26. The number of nitrogens with zero attached hydrogens (tertiary/aromatic N) is 5. The maximum absolute atomic E-state index is 5.47. The van der Waals surface area contributed by atoms with E-state index in [1.807, 2.05) is 53.9 Å². The van der Waals surface area contributed by atoms with Crippen molar-refractivity contribution >= 4 is 53.3 Å². The van der Waals surface area contributed by atoms with Crippen LogP contribution in [0.5, 0.6) is 0 Å². The zero-order chi connectivity index (χ0) is 45.0. The van der Waals surface area contributed by atoms with Crippen LogP contribution in [0.1, 0.15) is 0 Å². The van der Waals surface area contributed by atoms with Gasteiger partial charge in [-0.25, -0.2) is 15.0 Å². The Morgan fingerprint density at radius 3 is 1.46 bits per heavy atom. The summed E-state index contributed by atoms with van der Waals surface area (Å²) in [5.41, 5.74) is 14.5. The molecule has 0 radical (unpaired) electrons. The molecule has 68 heavy (non-hydrogen) atoms. The summed E-state index contributed by atoms with van der Waals surface area (Å²) >= 11 is 1.81. The van der Waals surface area contributed by atoms with E-state index in [9.17, 15) is 0 Å². The molecule has 318 valence electrons. The van der Waals surface area contributed by atoms with Crippen LogP contribution in [0.3, 0.4) is 0 Å². The van der Waals surface area contributed by atoms with E-state index in [4.69, 9.17) is 19.9 Å². The third-order valence-electron chi connectivity index (χ3n) is 12.9. The number of fused-ring (bicyclic) bond motifs is 6. The van der Waals surface area contributed by atoms with E-state index in [-0.39, 0.29) is 0 Å². The molecule has 0 aliphatic rings. The smallest absolute Gasteiger partial charge is 0.166 e. The number of pyridine rings is 1. The van der Waals surface area contributed by atoms with Crippen LogP contribution >= 0.6 is 11.3 Å². The second kappa shape index (κ2) is 16.5. The molecule has 13 aromatic rings. The SMILES string of the molecule is c1ccc(-c2cc(-c3ccccc3)cc(-c3cnc(-c4cccc5c4sc4cc6c(cc45)c4ccccc4n6-c4ccccc4)c(-c4nc(-c5ccccc5)nc(-c5ccccc5)n4)c3)c2)cc1. The molecule has 0 aliphatic carbocycles. The summed E-state index contributed by atoms with van der Waals surface area (Å²) in [7, 11) is 0. The second-order valence-corrected chi connectivity index (χ2v) is 18.1. The largest absolute Gasteiger partial charge is 0.309 e. The molecule has 0 saturated heterocycles. The Morgan fingerprint density at radius 1 is 0.324 bits per heavy atom. The van der Waals surface area contributed by atoms with Crippen molar-refractivity contribution in [3.05, 3.63) is 237 Å². The summed E-state index contributed by atoms with van der Waals surface area (Å²) < 4.78 is 4.76. The summed E-state index contributed by atoms with van der Waals surface area (Å²) in [6.07, 6.45) is 2.02. The van der Waals surface area contributed by atoms with Gasteiger partial charge in [0.15, 0.2) is 17.5 Å². The van der Waals surface area contributed by atoms with Gasteiger partial charge in [0.2, 0.25) is 0 Å². The number of hydrogen-bond donors (Lipinski definition) is 0. The summed E-state index contributed by atoms with van der Waals surface area (Å²) in [6, 6.07) is 81.3. The number of aromatic nitrogens is 5.